The number of aromatic nitrogens is 1. The van der Waals surface area contributed by atoms with Crippen molar-refractivity contribution in [2.75, 3.05) is 25.3 Å². The summed E-state index contributed by atoms with van der Waals surface area (Å²) < 4.78 is 10.5. The van der Waals surface area contributed by atoms with Gasteiger partial charge in [-0.3, -0.25) is 0 Å². The van der Waals surface area contributed by atoms with Gasteiger partial charge in [-0.2, -0.15) is 0 Å². The summed E-state index contributed by atoms with van der Waals surface area (Å²) in [6, 6.07) is 7.32. The first-order valence-corrected chi connectivity index (χ1v) is 5.85. The molecule has 1 aromatic carbocycles. The number of nitrogens with zero attached hydrogens (tertiary/aromatic N) is 1. The van der Waals surface area contributed by atoms with Crippen molar-refractivity contribution in [3.05, 3.63) is 36.0 Å². The summed E-state index contributed by atoms with van der Waals surface area (Å²) in [5.74, 6) is 2.09. The number of hydrogen-bond donors (Lipinski definition) is 2. The zero-order chi connectivity index (χ0) is 13.8. The quantitative estimate of drug-likeness (QED) is 0.883. The molecule has 1 heterocycles. The molecule has 0 aliphatic heterocycles. The average Bonchev–Trinajstić information content (AvgIpc) is 2.43. The van der Waals surface area contributed by atoms with E-state index in [1.54, 1.807) is 32.5 Å². The molecule has 0 saturated heterocycles. The topological polar surface area (TPSA) is 69.4 Å². The fraction of sp³-hybridized carbons (Fsp3) is 0.214. The maximum atomic E-state index is 5.86. The maximum absolute atomic E-state index is 5.86. The van der Waals surface area contributed by atoms with Crippen LogP contribution in [0.5, 0.6) is 11.5 Å². The lowest BCUT2D eigenvalue weighted by Gasteiger charge is -2.12. The number of anilines is 3. The van der Waals surface area contributed by atoms with Crippen molar-refractivity contribution in [1.29, 1.82) is 0 Å². The zero-order valence-corrected chi connectivity index (χ0v) is 11.2. The summed E-state index contributed by atoms with van der Waals surface area (Å²) in [5, 5.41) is 3.17. The second-order valence-corrected chi connectivity index (χ2v) is 4.12. The van der Waals surface area contributed by atoms with Gasteiger partial charge in [0.1, 0.15) is 17.3 Å². The number of nitrogens with two attached hydrogens (primary N) is 1. The van der Waals surface area contributed by atoms with Crippen LogP contribution in [0.4, 0.5) is 17.2 Å². The van der Waals surface area contributed by atoms with Crippen LogP contribution in [0, 0.1) is 6.92 Å². The molecule has 0 radical (unpaired) electrons. The Hall–Kier alpha value is -2.43. The monoisotopic (exact) mass is 259 g/mol. The van der Waals surface area contributed by atoms with Crippen LogP contribution in [-0.2, 0) is 0 Å². The van der Waals surface area contributed by atoms with Gasteiger partial charge in [-0.15, -0.1) is 0 Å². The Morgan fingerprint density at radius 2 is 1.95 bits per heavy atom. The Morgan fingerprint density at radius 1 is 1.16 bits per heavy atom. The number of rotatable bonds is 4. The van der Waals surface area contributed by atoms with Crippen molar-refractivity contribution < 1.29 is 9.47 Å². The molecule has 100 valence electrons. The summed E-state index contributed by atoms with van der Waals surface area (Å²) in [7, 11) is 3.22. The lowest BCUT2D eigenvalue weighted by molar-refractivity contribution is 0.395. The summed E-state index contributed by atoms with van der Waals surface area (Å²) in [6.07, 6.45) is 1.73. The molecule has 0 aliphatic carbocycles. The highest BCUT2D eigenvalue weighted by molar-refractivity contribution is 5.67. The van der Waals surface area contributed by atoms with Crippen molar-refractivity contribution in [2.45, 2.75) is 6.92 Å². The van der Waals surface area contributed by atoms with Gasteiger partial charge < -0.3 is 20.5 Å². The smallest absolute Gasteiger partial charge is 0.146 e. The molecule has 0 aliphatic rings. The maximum Gasteiger partial charge on any atom is 0.146 e. The van der Waals surface area contributed by atoms with Crippen LogP contribution in [0.25, 0.3) is 0 Å². The first kappa shape index (κ1) is 13.0. The predicted octanol–water partition coefficient (Wildman–Crippen LogP) is 2.73. The van der Waals surface area contributed by atoms with Crippen LogP contribution < -0.4 is 20.5 Å². The highest BCUT2D eigenvalue weighted by Gasteiger charge is 2.06. The number of hydrogen-bond acceptors (Lipinski definition) is 5. The van der Waals surface area contributed by atoms with Gasteiger partial charge in [0, 0.05) is 24.0 Å². The number of pyridine rings is 1. The van der Waals surface area contributed by atoms with Crippen LogP contribution in [0.2, 0.25) is 0 Å². The normalized spacial score (nSPS) is 10.1. The number of benzene rings is 1. The van der Waals surface area contributed by atoms with Crippen LogP contribution in [0.1, 0.15) is 5.56 Å². The Bertz CT molecular complexity index is 585. The number of methoxy groups -OCH3 is 2. The van der Waals surface area contributed by atoms with Crippen LogP contribution in [0.3, 0.4) is 0 Å². The molecule has 5 heteroatoms. The van der Waals surface area contributed by atoms with E-state index in [4.69, 9.17) is 15.2 Å². The third-order valence-electron chi connectivity index (χ3n) is 2.82. The number of ether oxygens (including phenoxy) is 2. The van der Waals surface area contributed by atoms with Gasteiger partial charge in [0.05, 0.1) is 19.9 Å². The van der Waals surface area contributed by atoms with E-state index in [0.29, 0.717) is 17.3 Å². The van der Waals surface area contributed by atoms with E-state index in [0.717, 1.165) is 17.0 Å². The molecule has 2 aromatic rings. The molecule has 0 spiro atoms. The van der Waals surface area contributed by atoms with Gasteiger partial charge in [-0.1, -0.05) is 0 Å². The Balaban J connectivity index is 2.29. The highest BCUT2D eigenvalue weighted by atomic mass is 16.5. The van der Waals surface area contributed by atoms with E-state index in [1.807, 2.05) is 19.1 Å². The largest absolute Gasteiger partial charge is 0.497 e. The second kappa shape index (κ2) is 5.48. The Morgan fingerprint density at radius 3 is 2.58 bits per heavy atom. The van der Waals surface area contributed by atoms with Gasteiger partial charge in [-0.25, -0.2) is 4.98 Å². The van der Waals surface area contributed by atoms with Gasteiger partial charge in [-0.05, 0) is 24.6 Å². The SMILES string of the molecule is COc1ccc(Nc2cc(N)c(C)cn2)c(OC)c1. The highest BCUT2D eigenvalue weighted by Crippen LogP contribution is 2.31. The molecule has 0 unspecified atom stereocenters. The van der Waals surface area contributed by atoms with E-state index in [1.165, 1.54) is 0 Å². The van der Waals surface area contributed by atoms with Crippen molar-refractivity contribution in [2.24, 2.45) is 0 Å². The molecule has 19 heavy (non-hydrogen) atoms. The molecule has 0 saturated carbocycles. The first-order chi connectivity index (χ1) is 9.13. The minimum atomic E-state index is 0.673. The summed E-state index contributed by atoms with van der Waals surface area (Å²) in [5.41, 5.74) is 8.31. The van der Waals surface area contributed by atoms with Crippen LogP contribution >= 0.6 is 0 Å². The molecule has 0 fully saturated rings. The molecule has 0 bridgehead atoms. The Labute approximate surface area is 112 Å². The lowest BCUT2D eigenvalue weighted by Crippen LogP contribution is -1.99. The predicted molar refractivity (Wildman–Crippen MR) is 76.2 cm³/mol. The molecular weight excluding hydrogens is 242 g/mol. The standard InChI is InChI=1S/C14H17N3O2/c1-9-8-16-14(7-11(9)15)17-12-5-4-10(18-2)6-13(12)19-3/h4-8H,1-3H3,(H3,15,16,17). The summed E-state index contributed by atoms with van der Waals surface area (Å²) in [6.45, 7) is 1.92. The molecule has 1 aromatic heterocycles. The Kier molecular flexibility index (Phi) is 3.75. The minimum absolute atomic E-state index is 0.673. The molecule has 0 atom stereocenters. The van der Waals surface area contributed by atoms with E-state index in [2.05, 4.69) is 10.3 Å². The third-order valence-corrected chi connectivity index (χ3v) is 2.82. The fourth-order valence-corrected chi connectivity index (χ4v) is 1.65. The molecular formula is C14H17N3O2. The van der Waals surface area contributed by atoms with Crippen molar-refractivity contribution in [1.82, 2.24) is 4.98 Å². The van der Waals surface area contributed by atoms with E-state index in [-0.39, 0.29) is 0 Å². The minimum Gasteiger partial charge on any atom is -0.497 e. The number of nitrogens with one attached hydrogen (secondary N) is 1. The fourth-order valence-electron chi connectivity index (χ4n) is 1.65. The van der Waals surface area contributed by atoms with Crippen molar-refractivity contribution in [3.63, 3.8) is 0 Å². The van der Waals surface area contributed by atoms with E-state index in [9.17, 15) is 0 Å². The summed E-state index contributed by atoms with van der Waals surface area (Å²) >= 11 is 0. The van der Waals surface area contributed by atoms with Crippen LogP contribution in [0.15, 0.2) is 30.5 Å². The second-order valence-electron chi connectivity index (χ2n) is 4.12. The van der Waals surface area contributed by atoms with Gasteiger partial charge in [0.2, 0.25) is 0 Å². The van der Waals surface area contributed by atoms with Crippen LogP contribution in [-0.4, -0.2) is 19.2 Å². The van der Waals surface area contributed by atoms with E-state index >= 15 is 0 Å². The van der Waals surface area contributed by atoms with E-state index < -0.39 is 0 Å². The summed E-state index contributed by atoms with van der Waals surface area (Å²) in [4.78, 5) is 4.27. The molecule has 2 rings (SSSR count). The van der Waals surface area contributed by atoms with Gasteiger partial charge in [0.25, 0.3) is 0 Å². The first-order valence-electron chi connectivity index (χ1n) is 5.85. The van der Waals surface area contributed by atoms with Gasteiger partial charge in [0.15, 0.2) is 0 Å². The average molecular weight is 259 g/mol. The molecule has 5 nitrogen and oxygen atoms in total. The van der Waals surface area contributed by atoms with Gasteiger partial charge >= 0.3 is 0 Å². The zero-order valence-electron chi connectivity index (χ0n) is 11.2. The van der Waals surface area contributed by atoms with Crippen molar-refractivity contribution in [3.8, 4) is 11.5 Å². The number of nitrogen functional groups attached to an aromatic ring is 1. The molecule has 3 N–H and O–H groups in total. The number of aryl methyl sites for hydroxylation is 1. The third kappa shape index (κ3) is 2.88. The lowest BCUT2D eigenvalue weighted by atomic mass is 10.2. The van der Waals surface area contributed by atoms with Crippen molar-refractivity contribution >= 4 is 17.2 Å². The molecule has 0 amide bonds.